The van der Waals surface area contributed by atoms with E-state index in [4.69, 9.17) is 0 Å². The van der Waals surface area contributed by atoms with Crippen LogP contribution < -0.4 is 10.2 Å². The molecule has 1 heterocycles. The van der Waals surface area contributed by atoms with Gasteiger partial charge in [-0.3, -0.25) is 13.8 Å². The molecule has 2 aromatic carbocycles. The first-order valence-corrected chi connectivity index (χ1v) is 9.61. The Morgan fingerprint density at radius 2 is 1.92 bits per heavy atom. The van der Waals surface area contributed by atoms with E-state index in [0.717, 1.165) is 18.4 Å². The first-order valence-electron chi connectivity index (χ1n) is 8.29. The lowest BCUT2D eigenvalue weighted by atomic mass is 10.1. The van der Waals surface area contributed by atoms with Gasteiger partial charge in [0.05, 0.1) is 27.9 Å². The summed E-state index contributed by atoms with van der Waals surface area (Å²) in [4.78, 5) is 27.0. The molecule has 2 amide bonds. The van der Waals surface area contributed by atoms with Crippen molar-refractivity contribution >= 4 is 28.3 Å². The number of amides is 2. The van der Waals surface area contributed by atoms with Crippen molar-refractivity contribution < 1.29 is 13.8 Å². The Morgan fingerprint density at radius 1 is 1.16 bits per heavy atom. The van der Waals surface area contributed by atoms with Crippen molar-refractivity contribution in [3.63, 3.8) is 0 Å². The highest BCUT2D eigenvalue weighted by Gasteiger charge is 2.30. The average Bonchev–Trinajstić information content (AvgIpc) is 3.43. The van der Waals surface area contributed by atoms with Crippen LogP contribution in [-0.2, 0) is 22.1 Å². The van der Waals surface area contributed by atoms with E-state index >= 15 is 0 Å². The van der Waals surface area contributed by atoms with Crippen LogP contribution in [0, 0.1) is 0 Å². The Balaban J connectivity index is 1.69. The second-order valence-corrected chi connectivity index (χ2v) is 7.81. The molecule has 128 valence electrons. The summed E-state index contributed by atoms with van der Waals surface area (Å²) >= 11 is 0. The highest BCUT2D eigenvalue weighted by molar-refractivity contribution is 7.86. The van der Waals surface area contributed by atoms with E-state index in [2.05, 4.69) is 5.32 Å². The zero-order chi connectivity index (χ0) is 17.4. The molecular weight excluding hydrogens is 336 g/mol. The van der Waals surface area contributed by atoms with Gasteiger partial charge in [0.1, 0.15) is 5.75 Å². The van der Waals surface area contributed by atoms with Crippen LogP contribution in [0.1, 0.15) is 28.8 Å². The van der Waals surface area contributed by atoms with Crippen LogP contribution in [0.2, 0.25) is 0 Å². The lowest BCUT2D eigenvalue weighted by molar-refractivity contribution is -0.116. The maximum atomic E-state index is 12.5. The molecule has 6 heteroatoms. The number of carbonyl (C=O) groups is 2. The van der Waals surface area contributed by atoms with E-state index in [-0.39, 0.29) is 23.6 Å². The molecule has 1 N–H and O–H groups in total. The Morgan fingerprint density at radius 3 is 2.64 bits per heavy atom. The number of hydrogen-bond donors (Lipinski definition) is 1. The van der Waals surface area contributed by atoms with Crippen LogP contribution in [-0.4, -0.2) is 27.8 Å². The van der Waals surface area contributed by atoms with Crippen molar-refractivity contribution in [1.82, 2.24) is 5.32 Å². The standard InChI is InChI=1S/C19H18N2O3S/c22-18-12-25(24)17-9-6-14(19(23)20-15-7-8-15)10-16(17)21(18)11-13-4-2-1-3-5-13/h1-6,9-10,15H,7-8,11-12H2,(H,20,23)/t25-/m1/s1. The number of hydrogen-bond acceptors (Lipinski definition) is 3. The van der Waals surface area contributed by atoms with Crippen LogP contribution >= 0.6 is 0 Å². The number of rotatable bonds is 4. The lowest BCUT2D eigenvalue weighted by Crippen LogP contribution is -2.38. The molecule has 0 bridgehead atoms. The van der Waals surface area contributed by atoms with Gasteiger partial charge in [-0.2, -0.15) is 0 Å². The fourth-order valence-electron chi connectivity index (χ4n) is 2.90. The van der Waals surface area contributed by atoms with Gasteiger partial charge in [-0.05, 0) is 36.6 Å². The molecule has 1 atom stereocenters. The molecule has 1 aliphatic carbocycles. The Kier molecular flexibility index (Phi) is 4.13. The van der Waals surface area contributed by atoms with Gasteiger partial charge in [0.2, 0.25) is 5.91 Å². The topological polar surface area (TPSA) is 66.5 Å². The minimum absolute atomic E-state index is 0.0204. The summed E-state index contributed by atoms with van der Waals surface area (Å²) in [7, 11) is -1.37. The fraction of sp³-hybridized carbons (Fsp3) is 0.263. The van der Waals surface area contributed by atoms with Crippen molar-refractivity contribution in [2.45, 2.75) is 30.3 Å². The molecule has 0 spiro atoms. The van der Waals surface area contributed by atoms with Crippen LogP contribution in [0.4, 0.5) is 5.69 Å². The molecule has 1 aliphatic heterocycles. The summed E-state index contributed by atoms with van der Waals surface area (Å²) in [6.45, 7) is 0.400. The molecule has 0 aromatic heterocycles. The minimum Gasteiger partial charge on any atom is -0.349 e. The van der Waals surface area contributed by atoms with Gasteiger partial charge >= 0.3 is 0 Å². The van der Waals surface area contributed by atoms with E-state index in [9.17, 15) is 13.8 Å². The summed E-state index contributed by atoms with van der Waals surface area (Å²) in [5.41, 5.74) is 2.06. The monoisotopic (exact) mass is 354 g/mol. The Hall–Kier alpha value is -2.47. The molecule has 5 nitrogen and oxygen atoms in total. The van der Waals surface area contributed by atoms with Crippen LogP contribution in [0.25, 0.3) is 0 Å². The predicted octanol–water partition coefficient (Wildman–Crippen LogP) is 2.23. The summed E-state index contributed by atoms with van der Waals surface area (Å²) < 4.78 is 12.3. The largest absolute Gasteiger partial charge is 0.349 e. The molecule has 1 fully saturated rings. The van der Waals surface area contributed by atoms with Crippen LogP contribution in [0.5, 0.6) is 0 Å². The first kappa shape index (κ1) is 16.0. The smallest absolute Gasteiger partial charge is 0.251 e. The van der Waals surface area contributed by atoms with Crippen molar-refractivity contribution in [3.05, 3.63) is 59.7 Å². The molecule has 2 aromatic rings. The summed E-state index contributed by atoms with van der Waals surface area (Å²) in [5, 5.41) is 2.95. The third kappa shape index (κ3) is 3.35. The second kappa shape index (κ2) is 6.44. The van der Waals surface area contributed by atoms with E-state index in [0.29, 0.717) is 22.7 Å². The molecule has 4 rings (SSSR count). The Labute approximate surface area is 148 Å². The summed E-state index contributed by atoms with van der Waals surface area (Å²) in [5.74, 6) is -0.351. The number of nitrogens with zero attached hydrogens (tertiary/aromatic N) is 1. The van der Waals surface area contributed by atoms with Gasteiger partial charge in [0.25, 0.3) is 5.91 Å². The molecule has 2 aliphatic rings. The first-order chi connectivity index (χ1) is 12.1. The summed E-state index contributed by atoms with van der Waals surface area (Å²) in [6, 6.07) is 15.0. The van der Waals surface area contributed by atoms with Gasteiger partial charge in [0, 0.05) is 11.6 Å². The van der Waals surface area contributed by atoms with Gasteiger partial charge in [-0.1, -0.05) is 30.3 Å². The van der Waals surface area contributed by atoms with Gasteiger partial charge < -0.3 is 10.2 Å². The number of anilines is 1. The lowest BCUT2D eigenvalue weighted by Gasteiger charge is -2.29. The molecular formula is C19H18N2O3S. The predicted molar refractivity (Wildman–Crippen MR) is 95.8 cm³/mol. The van der Waals surface area contributed by atoms with E-state index in [1.54, 1.807) is 23.1 Å². The second-order valence-electron chi connectivity index (χ2n) is 6.39. The van der Waals surface area contributed by atoms with E-state index in [1.807, 2.05) is 30.3 Å². The maximum absolute atomic E-state index is 12.5. The zero-order valence-corrected chi connectivity index (χ0v) is 14.4. The summed E-state index contributed by atoms with van der Waals surface area (Å²) in [6.07, 6.45) is 2.03. The third-order valence-electron chi connectivity index (χ3n) is 4.41. The fourth-order valence-corrected chi connectivity index (χ4v) is 4.06. The van der Waals surface area contributed by atoms with Crippen molar-refractivity contribution in [3.8, 4) is 0 Å². The minimum atomic E-state index is -1.37. The normalized spacial score (nSPS) is 19.4. The number of fused-ring (bicyclic) bond motifs is 1. The molecule has 25 heavy (non-hydrogen) atoms. The quantitative estimate of drug-likeness (QED) is 0.916. The van der Waals surface area contributed by atoms with Crippen molar-refractivity contribution in [2.24, 2.45) is 0 Å². The van der Waals surface area contributed by atoms with E-state index in [1.165, 1.54) is 0 Å². The number of carbonyl (C=O) groups excluding carboxylic acids is 2. The van der Waals surface area contributed by atoms with Gasteiger partial charge in [-0.15, -0.1) is 0 Å². The third-order valence-corrected chi connectivity index (χ3v) is 5.75. The van der Waals surface area contributed by atoms with Crippen LogP contribution in [0.3, 0.4) is 0 Å². The van der Waals surface area contributed by atoms with Crippen LogP contribution in [0.15, 0.2) is 53.4 Å². The molecule has 0 unspecified atom stereocenters. The van der Waals surface area contributed by atoms with Gasteiger partial charge in [-0.25, -0.2) is 0 Å². The zero-order valence-electron chi connectivity index (χ0n) is 13.6. The molecule has 0 saturated heterocycles. The molecule has 1 saturated carbocycles. The van der Waals surface area contributed by atoms with E-state index < -0.39 is 10.8 Å². The number of nitrogens with one attached hydrogen (secondary N) is 1. The SMILES string of the molecule is O=C(NC1CC1)c1ccc2c(c1)N(Cc1ccccc1)C(=O)C[S@]2=O. The number of benzene rings is 2. The highest BCUT2D eigenvalue weighted by atomic mass is 32.2. The van der Waals surface area contributed by atoms with Gasteiger partial charge in [0.15, 0.2) is 0 Å². The Bertz CT molecular complexity index is 862. The average molecular weight is 354 g/mol. The maximum Gasteiger partial charge on any atom is 0.251 e. The van der Waals surface area contributed by atoms with Crippen molar-refractivity contribution in [1.29, 1.82) is 0 Å². The highest BCUT2D eigenvalue weighted by Crippen LogP contribution is 2.31. The molecule has 0 radical (unpaired) electrons. The van der Waals surface area contributed by atoms with Crippen molar-refractivity contribution in [2.75, 3.05) is 10.7 Å².